The number of amides is 3. The Morgan fingerprint density at radius 3 is 2.08 bits per heavy atom. The topological polar surface area (TPSA) is 95.6 Å². The van der Waals surface area contributed by atoms with Crippen molar-refractivity contribution in [3.63, 3.8) is 0 Å². The molecule has 1 aromatic rings. The first-order valence-corrected chi connectivity index (χ1v) is 9.89. The third-order valence-corrected chi connectivity index (χ3v) is 5.92. The van der Waals surface area contributed by atoms with Gasteiger partial charge in [-0.3, -0.25) is 4.79 Å². The van der Waals surface area contributed by atoms with Gasteiger partial charge in [0, 0.05) is 19.3 Å². The molecule has 1 fully saturated rings. The molecule has 9 heteroatoms. The minimum atomic E-state index is -4.13. The summed E-state index contributed by atoms with van der Waals surface area (Å²) < 4.78 is 40.2. The van der Waals surface area contributed by atoms with E-state index in [-0.39, 0.29) is 18.4 Å². The van der Waals surface area contributed by atoms with E-state index >= 15 is 0 Å². The average molecular weight is 385 g/mol. The zero-order chi connectivity index (χ0) is 19.8. The summed E-state index contributed by atoms with van der Waals surface area (Å²) in [7, 11) is -2.64. The van der Waals surface area contributed by atoms with Crippen molar-refractivity contribution >= 4 is 27.6 Å². The molecule has 1 unspecified atom stereocenters. The minimum Gasteiger partial charge on any atom is -0.343 e. The highest BCUT2D eigenvalue weighted by molar-refractivity contribution is 7.91. The molecule has 3 amide bonds. The number of carbonyl (C=O) groups excluding carboxylic acids is 2. The molecule has 0 bridgehead atoms. The van der Waals surface area contributed by atoms with Crippen molar-refractivity contribution in [2.75, 3.05) is 18.9 Å². The summed E-state index contributed by atoms with van der Waals surface area (Å²) in [6.45, 7) is 7.43. The number of β-lactam (4-membered cyclic amide) rings is 1. The molecular formula is C17H24FN3O4S. The summed E-state index contributed by atoms with van der Waals surface area (Å²) in [6.07, 6.45) is 0. The highest BCUT2D eigenvalue weighted by Crippen LogP contribution is 2.33. The molecule has 0 radical (unpaired) electrons. The standard InChI is InChI=1S/C17H24FN3O4S/c1-9(2)12-6-11(18)7-13(10(3)4)15(12)19-17(23)20-26(24,25)14-8-21(5)16(14)22/h6-7,9-10,14H,8H2,1-5H3,(H2,19,20,23). The maximum absolute atomic E-state index is 13.9. The lowest BCUT2D eigenvalue weighted by atomic mass is 9.92. The van der Waals surface area contributed by atoms with Crippen LogP contribution < -0.4 is 10.0 Å². The number of benzene rings is 1. The first-order chi connectivity index (χ1) is 11.9. The van der Waals surface area contributed by atoms with E-state index in [4.69, 9.17) is 0 Å². The molecule has 7 nitrogen and oxygen atoms in total. The summed E-state index contributed by atoms with van der Waals surface area (Å²) in [5.74, 6) is -1.15. The number of carbonyl (C=O) groups is 2. The first-order valence-electron chi connectivity index (χ1n) is 8.35. The highest BCUT2D eigenvalue weighted by Gasteiger charge is 2.44. The van der Waals surface area contributed by atoms with Gasteiger partial charge in [-0.05, 0) is 35.1 Å². The third-order valence-electron chi connectivity index (χ3n) is 4.35. The number of hydrogen-bond acceptors (Lipinski definition) is 4. The van der Waals surface area contributed by atoms with Gasteiger partial charge in [-0.25, -0.2) is 22.3 Å². The quantitative estimate of drug-likeness (QED) is 0.761. The summed E-state index contributed by atoms with van der Waals surface area (Å²) >= 11 is 0. The van der Waals surface area contributed by atoms with Crippen LogP contribution in [0.2, 0.25) is 0 Å². The van der Waals surface area contributed by atoms with Gasteiger partial charge in [0.1, 0.15) is 5.82 Å². The number of hydrogen-bond donors (Lipinski definition) is 2. The van der Waals surface area contributed by atoms with Crippen molar-refractivity contribution < 1.29 is 22.4 Å². The number of rotatable bonds is 5. The molecule has 1 aliphatic rings. The van der Waals surface area contributed by atoms with E-state index in [0.29, 0.717) is 16.8 Å². The maximum Gasteiger partial charge on any atom is 0.332 e. The Kier molecular flexibility index (Phi) is 5.60. The van der Waals surface area contributed by atoms with Crippen LogP contribution in [0.25, 0.3) is 0 Å². The highest BCUT2D eigenvalue weighted by atomic mass is 32.2. The molecule has 0 aromatic heterocycles. The van der Waals surface area contributed by atoms with Gasteiger partial charge in [-0.2, -0.15) is 0 Å². The Labute approximate surface area is 153 Å². The summed E-state index contributed by atoms with van der Waals surface area (Å²) in [5, 5.41) is 1.27. The number of anilines is 1. The molecule has 0 saturated carbocycles. The zero-order valence-corrected chi connectivity index (χ0v) is 16.3. The molecule has 1 atom stereocenters. The number of halogens is 1. The van der Waals surface area contributed by atoms with Crippen LogP contribution in [0.4, 0.5) is 14.9 Å². The van der Waals surface area contributed by atoms with Crippen LogP contribution in [0, 0.1) is 5.82 Å². The number of likely N-dealkylation sites (tertiary alicyclic amines) is 1. The summed E-state index contributed by atoms with van der Waals surface area (Å²) in [4.78, 5) is 25.1. The van der Waals surface area contributed by atoms with E-state index < -0.39 is 33.0 Å². The maximum atomic E-state index is 13.9. The molecule has 0 aliphatic carbocycles. The summed E-state index contributed by atoms with van der Waals surface area (Å²) in [5.41, 5.74) is 1.53. The van der Waals surface area contributed by atoms with Gasteiger partial charge in [-0.15, -0.1) is 0 Å². The van der Waals surface area contributed by atoms with Crippen molar-refractivity contribution in [3.8, 4) is 0 Å². The van der Waals surface area contributed by atoms with Gasteiger partial charge in [0.2, 0.25) is 15.9 Å². The normalized spacial score (nSPS) is 17.5. The van der Waals surface area contributed by atoms with E-state index in [1.54, 1.807) is 0 Å². The van der Waals surface area contributed by atoms with Crippen molar-refractivity contribution in [3.05, 3.63) is 29.1 Å². The van der Waals surface area contributed by atoms with Crippen LogP contribution >= 0.6 is 0 Å². The fourth-order valence-electron chi connectivity index (χ4n) is 2.83. The minimum absolute atomic E-state index is 0.0342. The predicted octanol–water partition coefficient (Wildman–Crippen LogP) is 2.36. The Bertz CT molecular complexity index is 807. The fraction of sp³-hybridized carbons (Fsp3) is 0.529. The van der Waals surface area contributed by atoms with E-state index in [2.05, 4.69) is 5.32 Å². The van der Waals surface area contributed by atoms with Crippen LogP contribution in [0.5, 0.6) is 0 Å². The number of nitrogens with zero attached hydrogens (tertiary/aromatic N) is 1. The molecule has 1 aliphatic heterocycles. The van der Waals surface area contributed by atoms with Gasteiger partial charge >= 0.3 is 6.03 Å². The van der Waals surface area contributed by atoms with Gasteiger partial charge in [0.15, 0.2) is 5.25 Å². The van der Waals surface area contributed by atoms with Crippen molar-refractivity contribution in [1.82, 2.24) is 9.62 Å². The number of urea groups is 1. The SMILES string of the molecule is CC(C)c1cc(F)cc(C(C)C)c1NC(=O)NS(=O)(=O)C1CN(C)C1=O. The van der Waals surface area contributed by atoms with E-state index in [1.165, 1.54) is 24.1 Å². The van der Waals surface area contributed by atoms with E-state index in [9.17, 15) is 22.4 Å². The van der Waals surface area contributed by atoms with E-state index in [1.807, 2.05) is 32.4 Å². The van der Waals surface area contributed by atoms with Gasteiger partial charge in [-0.1, -0.05) is 27.7 Å². The summed E-state index contributed by atoms with van der Waals surface area (Å²) in [6, 6.07) is 1.68. The predicted molar refractivity (Wildman–Crippen MR) is 97.1 cm³/mol. The molecule has 2 rings (SSSR count). The fourth-order valence-corrected chi connectivity index (χ4v) is 4.14. The van der Waals surface area contributed by atoms with Gasteiger partial charge in [0.25, 0.3) is 0 Å². The molecule has 26 heavy (non-hydrogen) atoms. The van der Waals surface area contributed by atoms with Crippen LogP contribution in [-0.2, 0) is 14.8 Å². The van der Waals surface area contributed by atoms with Crippen LogP contribution in [0.1, 0.15) is 50.7 Å². The lowest BCUT2D eigenvalue weighted by Gasteiger charge is -2.34. The first kappa shape index (κ1) is 20.2. The lowest BCUT2D eigenvalue weighted by molar-refractivity contribution is -0.137. The second-order valence-electron chi connectivity index (χ2n) is 7.08. The molecule has 144 valence electrons. The monoisotopic (exact) mass is 385 g/mol. The Morgan fingerprint density at radius 2 is 1.69 bits per heavy atom. The van der Waals surface area contributed by atoms with Crippen molar-refractivity contribution in [2.45, 2.75) is 44.8 Å². The largest absolute Gasteiger partial charge is 0.343 e. The van der Waals surface area contributed by atoms with Crippen LogP contribution in [0.3, 0.4) is 0 Å². The lowest BCUT2D eigenvalue weighted by Crippen LogP contribution is -2.61. The number of sulfonamides is 1. The zero-order valence-electron chi connectivity index (χ0n) is 15.5. The Hall–Kier alpha value is -2.16. The van der Waals surface area contributed by atoms with Gasteiger partial charge in [0.05, 0.1) is 0 Å². The molecule has 1 saturated heterocycles. The third kappa shape index (κ3) is 3.98. The Balaban J connectivity index is 2.27. The van der Waals surface area contributed by atoms with E-state index in [0.717, 1.165) is 0 Å². The second-order valence-corrected chi connectivity index (χ2v) is 8.94. The average Bonchev–Trinajstić information content (AvgIpc) is 2.52. The molecule has 0 spiro atoms. The molecule has 1 aromatic carbocycles. The van der Waals surface area contributed by atoms with Crippen LogP contribution in [-0.4, -0.2) is 44.1 Å². The van der Waals surface area contributed by atoms with Crippen molar-refractivity contribution in [1.29, 1.82) is 0 Å². The molecule has 1 heterocycles. The molecular weight excluding hydrogens is 361 g/mol. The smallest absolute Gasteiger partial charge is 0.332 e. The van der Waals surface area contributed by atoms with Crippen molar-refractivity contribution in [2.24, 2.45) is 0 Å². The van der Waals surface area contributed by atoms with Crippen LogP contribution in [0.15, 0.2) is 12.1 Å². The van der Waals surface area contributed by atoms with Gasteiger partial charge < -0.3 is 10.2 Å². The second kappa shape index (κ2) is 7.22. The Morgan fingerprint density at radius 1 is 1.19 bits per heavy atom. The molecule has 2 N–H and O–H groups in total. The number of nitrogens with one attached hydrogen (secondary N) is 2.